The van der Waals surface area contributed by atoms with E-state index in [1.54, 1.807) is 31.4 Å². The Morgan fingerprint density at radius 2 is 1.72 bits per heavy atom. The van der Waals surface area contributed by atoms with Gasteiger partial charge < -0.3 is 10.1 Å². The Hall–Kier alpha value is -2.71. The molecule has 0 saturated carbocycles. The maximum Gasteiger partial charge on any atom is 0.272 e. The number of carbonyl (C=O) groups is 1. The van der Waals surface area contributed by atoms with Gasteiger partial charge in [0.2, 0.25) is 10.0 Å². The number of amides is 1. The number of nitrogens with zero attached hydrogens (tertiary/aromatic N) is 2. The van der Waals surface area contributed by atoms with Crippen molar-refractivity contribution in [1.82, 2.24) is 9.62 Å². The van der Waals surface area contributed by atoms with Crippen LogP contribution in [0.2, 0.25) is 0 Å². The van der Waals surface area contributed by atoms with E-state index >= 15 is 0 Å². The van der Waals surface area contributed by atoms with Crippen molar-refractivity contribution < 1.29 is 17.9 Å². The highest BCUT2D eigenvalue weighted by Gasteiger charge is 2.44. The van der Waals surface area contributed by atoms with Gasteiger partial charge in [-0.1, -0.05) is 30.3 Å². The average molecular weight is 413 g/mol. The van der Waals surface area contributed by atoms with Crippen LogP contribution in [0.3, 0.4) is 0 Å². The molecule has 2 aliphatic heterocycles. The Morgan fingerprint density at radius 1 is 1.07 bits per heavy atom. The SMILES string of the molecule is COc1ccc(C2=NC3(CCN(S(=O)(=O)Cc4ccccc4)CC3)NC2=O)cc1. The fourth-order valence-electron chi connectivity index (χ4n) is 3.76. The number of ether oxygens (including phenoxy) is 1. The van der Waals surface area contributed by atoms with E-state index in [1.165, 1.54) is 4.31 Å². The van der Waals surface area contributed by atoms with Gasteiger partial charge in [-0.25, -0.2) is 12.7 Å². The zero-order valence-corrected chi connectivity index (χ0v) is 17.0. The van der Waals surface area contributed by atoms with Gasteiger partial charge in [-0.3, -0.25) is 9.79 Å². The van der Waals surface area contributed by atoms with Crippen LogP contribution >= 0.6 is 0 Å². The summed E-state index contributed by atoms with van der Waals surface area (Å²) in [5.74, 6) is 0.461. The second kappa shape index (κ2) is 7.61. The Labute approximate surface area is 170 Å². The van der Waals surface area contributed by atoms with Crippen LogP contribution in [-0.2, 0) is 20.6 Å². The highest BCUT2D eigenvalue weighted by molar-refractivity contribution is 7.88. The third kappa shape index (κ3) is 4.04. The van der Waals surface area contributed by atoms with Crippen molar-refractivity contribution in [2.24, 2.45) is 4.99 Å². The fraction of sp³-hybridized carbons (Fsp3) is 0.333. The van der Waals surface area contributed by atoms with E-state index < -0.39 is 15.7 Å². The second-order valence-corrected chi connectivity index (χ2v) is 9.28. The molecule has 1 N–H and O–H groups in total. The van der Waals surface area contributed by atoms with Crippen molar-refractivity contribution in [2.45, 2.75) is 24.3 Å². The number of hydrogen-bond donors (Lipinski definition) is 1. The third-order valence-corrected chi connectivity index (χ3v) is 7.24. The molecule has 1 spiro atoms. The molecule has 0 aromatic heterocycles. The van der Waals surface area contributed by atoms with Gasteiger partial charge in [0.25, 0.3) is 5.91 Å². The van der Waals surface area contributed by atoms with E-state index in [0.717, 1.165) is 11.1 Å². The normalized spacial score (nSPS) is 19.1. The minimum atomic E-state index is -3.41. The van der Waals surface area contributed by atoms with Crippen LogP contribution in [0.5, 0.6) is 5.75 Å². The van der Waals surface area contributed by atoms with Crippen LogP contribution in [0.25, 0.3) is 0 Å². The topological polar surface area (TPSA) is 88.1 Å². The van der Waals surface area contributed by atoms with Crippen LogP contribution in [0.1, 0.15) is 24.0 Å². The molecule has 2 heterocycles. The molecular weight excluding hydrogens is 390 g/mol. The molecule has 0 aliphatic carbocycles. The number of piperidine rings is 1. The molecule has 152 valence electrons. The lowest BCUT2D eigenvalue weighted by Gasteiger charge is -2.36. The summed E-state index contributed by atoms with van der Waals surface area (Å²) in [5, 5.41) is 2.97. The summed E-state index contributed by atoms with van der Waals surface area (Å²) in [5.41, 5.74) is 1.14. The number of nitrogens with one attached hydrogen (secondary N) is 1. The molecule has 1 fully saturated rings. The standard InChI is InChI=1S/C21H23N3O4S/c1-28-18-9-7-17(8-10-18)19-20(25)23-21(22-19)11-13-24(14-12-21)29(26,27)15-16-5-3-2-4-6-16/h2-10H,11-15H2,1H3,(H,23,25). The van der Waals surface area contributed by atoms with Crippen molar-refractivity contribution in [3.8, 4) is 5.75 Å². The quantitative estimate of drug-likeness (QED) is 0.811. The summed E-state index contributed by atoms with van der Waals surface area (Å²) in [6.07, 6.45) is 0.902. The Morgan fingerprint density at radius 3 is 2.34 bits per heavy atom. The van der Waals surface area contributed by atoms with Gasteiger partial charge in [0, 0.05) is 31.5 Å². The summed E-state index contributed by atoms with van der Waals surface area (Å²) >= 11 is 0. The average Bonchev–Trinajstić information content (AvgIpc) is 3.04. The van der Waals surface area contributed by atoms with Crippen LogP contribution < -0.4 is 10.1 Å². The molecule has 0 atom stereocenters. The van der Waals surface area contributed by atoms with Crippen molar-refractivity contribution in [2.75, 3.05) is 20.2 Å². The van der Waals surface area contributed by atoms with Crippen LogP contribution in [0.4, 0.5) is 0 Å². The van der Waals surface area contributed by atoms with Crippen molar-refractivity contribution >= 4 is 21.6 Å². The summed E-state index contributed by atoms with van der Waals surface area (Å²) in [6, 6.07) is 16.3. The van der Waals surface area contributed by atoms with E-state index in [4.69, 9.17) is 4.74 Å². The van der Waals surface area contributed by atoms with E-state index in [2.05, 4.69) is 10.3 Å². The number of hydrogen-bond acceptors (Lipinski definition) is 5. The molecule has 2 aromatic rings. The first-order valence-corrected chi connectivity index (χ1v) is 11.1. The molecular formula is C21H23N3O4S. The van der Waals surface area contributed by atoms with Gasteiger partial charge in [-0.05, 0) is 29.8 Å². The summed E-state index contributed by atoms with van der Waals surface area (Å²) < 4.78 is 32.2. The predicted octanol–water partition coefficient (Wildman–Crippen LogP) is 1.94. The largest absolute Gasteiger partial charge is 0.497 e. The number of benzene rings is 2. The second-order valence-electron chi connectivity index (χ2n) is 7.32. The number of carbonyl (C=O) groups excluding carboxylic acids is 1. The first kappa shape index (κ1) is 19.6. The predicted molar refractivity (Wildman–Crippen MR) is 110 cm³/mol. The molecule has 8 heteroatoms. The molecule has 0 bridgehead atoms. The van der Waals surface area contributed by atoms with Crippen LogP contribution in [0, 0.1) is 0 Å². The highest BCUT2D eigenvalue weighted by Crippen LogP contribution is 2.30. The molecule has 4 rings (SSSR count). The molecule has 29 heavy (non-hydrogen) atoms. The van der Waals surface area contributed by atoms with Gasteiger partial charge >= 0.3 is 0 Å². The van der Waals surface area contributed by atoms with Gasteiger partial charge in [-0.15, -0.1) is 0 Å². The molecule has 1 amide bonds. The van der Waals surface area contributed by atoms with E-state index in [0.29, 0.717) is 37.4 Å². The number of rotatable bonds is 5. The maximum atomic E-state index is 12.8. The van der Waals surface area contributed by atoms with Gasteiger partial charge in [-0.2, -0.15) is 0 Å². The number of aliphatic imine (C=N–C) groups is 1. The van der Waals surface area contributed by atoms with Gasteiger partial charge in [0.05, 0.1) is 12.9 Å². The molecule has 0 unspecified atom stereocenters. The lowest BCUT2D eigenvalue weighted by molar-refractivity contribution is -0.115. The molecule has 2 aliphatic rings. The highest BCUT2D eigenvalue weighted by atomic mass is 32.2. The lowest BCUT2D eigenvalue weighted by Crippen LogP contribution is -2.52. The molecule has 1 saturated heterocycles. The Bertz CT molecular complexity index is 1030. The first-order chi connectivity index (χ1) is 13.9. The van der Waals surface area contributed by atoms with E-state index in [-0.39, 0.29) is 11.7 Å². The first-order valence-electron chi connectivity index (χ1n) is 9.49. The Kier molecular flexibility index (Phi) is 5.14. The zero-order valence-electron chi connectivity index (χ0n) is 16.2. The van der Waals surface area contributed by atoms with Gasteiger partial charge in [0.1, 0.15) is 17.1 Å². The minimum absolute atomic E-state index is 0.0203. The fourth-order valence-corrected chi connectivity index (χ4v) is 5.29. The third-order valence-electron chi connectivity index (χ3n) is 5.39. The summed E-state index contributed by atoms with van der Waals surface area (Å²) in [7, 11) is -1.82. The lowest BCUT2D eigenvalue weighted by atomic mass is 10.00. The van der Waals surface area contributed by atoms with Crippen LogP contribution in [-0.4, -0.2) is 50.2 Å². The molecule has 7 nitrogen and oxygen atoms in total. The van der Waals surface area contributed by atoms with Crippen molar-refractivity contribution in [3.05, 3.63) is 65.7 Å². The summed E-state index contributed by atoms with van der Waals surface area (Å²) in [6.45, 7) is 0.656. The van der Waals surface area contributed by atoms with Crippen molar-refractivity contribution in [1.29, 1.82) is 0 Å². The minimum Gasteiger partial charge on any atom is -0.497 e. The van der Waals surface area contributed by atoms with E-state index in [9.17, 15) is 13.2 Å². The van der Waals surface area contributed by atoms with Crippen LogP contribution in [0.15, 0.2) is 59.6 Å². The number of sulfonamides is 1. The molecule has 2 aromatic carbocycles. The van der Waals surface area contributed by atoms with E-state index in [1.807, 2.05) is 30.3 Å². The monoisotopic (exact) mass is 413 g/mol. The van der Waals surface area contributed by atoms with Gasteiger partial charge in [0.15, 0.2) is 0 Å². The number of methoxy groups -OCH3 is 1. The summed E-state index contributed by atoms with van der Waals surface area (Å²) in [4.78, 5) is 17.2. The smallest absolute Gasteiger partial charge is 0.272 e. The zero-order chi connectivity index (χ0) is 20.5. The molecule has 0 radical (unpaired) electrons. The maximum absolute atomic E-state index is 12.8. The Balaban J connectivity index is 1.47. The van der Waals surface area contributed by atoms with Crippen molar-refractivity contribution in [3.63, 3.8) is 0 Å².